The van der Waals surface area contributed by atoms with E-state index in [4.69, 9.17) is 11.6 Å². The summed E-state index contributed by atoms with van der Waals surface area (Å²) in [5.41, 5.74) is 1.24. The van der Waals surface area contributed by atoms with Gasteiger partial charge in [-0.2, -0.15) is 0 Å². The van der Waals surface area contributed by atoms with Gasteiger partial charge in [0, 0.05) is 36.7 Å². The van der Waals surface area contributed by atoms with Crippen molar-refractivity contribution in [3.8, 4) is 0 Å². The normalized spacial score (nSPS) is 26.9. The maximum atomic E-state index is 6.24. The zero-order chi connectivity index (χ0) is 11.0. The topological polar surface area (TPSA) is 15.3 Å². The van der Waals surface area contributed by atoms with Crippen molar-refractivity contribution in [3.05, 3.63) is 34.9 Å². The van der Waals surface area contributed by atoms with Crippen LogP contribution in [0.15, 0.2) is 24.3 Å². The predicted molar refractivity (Wildman–Crippen MR) is 66.8 cm³/mol. The highest BCUT2D eigenvalue weighted by Crippen LogP contribution is 2.31. The lowest BCUT2D eigenvalue weighted by molar-refractivity contribution is 0.192. The fourth-order valence-electron chi connectivity index (χ4n) is 2.51. The van der Waals surface area contributed by atoms with Crippen LogP contribution in [-0.2, 0) is 0 Å². The first kappa shape index (κ1) is 10.6. The van der Waals surface area contributed by atoms with Crippen molar-refractivity contribution in [3.63, 3.8) is 0 Å². The molecule has 3 heteroatoms. The molecule has 2 aliphatic rings. The summed E-state index contributed by atoms with van der Waals surface area (Å²) in [5.74, 6) is 0. The summed E-state index contributed by atoms with van der Waals surface area (Å²) in [6.07, 6.45) is 2.77. The Kier molecular flexibility index (Phi) is 2.88. The minimum absolute atomic E-state index is 0.406. The molecule has 16 heavy (non-hydrogen) atoms. The number of nitrogens with one attached hydrogen (secondary N) is 1. The molecule has 1 aromatic rings. The van der Waals surface area contributed by atoms with E-state index in [0.717, 1.165) is 24.2 Å². The molecule has 0 aromatic heterocycles. The van der Waals surface area contributed by atoms with Gasteiger partial charge in [0.15, 0.2) is 0 Å². The average Bonchev–Trinajstić information content (AvgIpc) is 3.14. The van der Waals surface area contributed by atoms with E-state index in [1.807, 2.05) is 12.1 Å². The SMILES string of the molecule is Clc1ccccc1[C@@H]1CN(C2CC2)CCN1. The van der Waals surface area contributed by atoms with Gasteiger partial charge in [0.2, 0.25) is 0 Å². The molecule has 1 saturated carbocycles. The van der Waals surface area contributed by atoms with E-state index in [1.54, 1.807) is 0 Å². The molecule has 1 N–H and O–H groups in total. The molecule has 1 aliphatic carbocycles. The molecule has 1 heterocycles. The van der Waals surface area contributed by atoms with Crippen LogP contribution in [0.25, 0.3) is 0 Å². The Morgan fingerprint density at radius 1 is 1.25 bits per heavy atom. The quantitative estimate of drug-likeness (QED) is 0.849. The largest absolute Gasteiger partial charge is 0.308 e. The van der Waals surface area contributed by atoms with Gasteiger partial charge < -0.3 is 5.32 Å². The maximum Gasteiger partial charge on any atom is 0.0464 e. The number of piperazine rings is 1. The second kappa shape index (κ2) is 4.36. The molecule has 0 bridgehead atoms. The molecule has 1 saturated heterocycles. The molecule has 0 unspecified atom stereocenters. The second-order valence-corrected chi connectivity index (χ2v) is 5.16. The Morgan fingerprint density at radius 3 is 2.81 bits per heavy atom. The summed E-state index contributed by atoms with van der Waals surface area (Å²) in [5, 5.41) is 4.45. The van der Waals surface area contributed by atoms with Crippen molar-refractivity contribution in [2.24, 2.45) is 0 Å². The molecular formula is C13H17ClN2. The van der Waals surface area contributed by atoms with E-state index < -0.39 is 0 Å². The second-order valence-electron chi connectivity index (χ2n) is 4.75. The van der Waals surface area contributed by atoms with Crippen LogP contribution in [0.1, 0.15) is 24.4 Å². The molecule has 2 nitrogen and oxygen atoms in total. The molecule has 1 atom stereocenters. The minimum atomic E-state index is 0.406. The summed E-state index contributed by atoms with van der Waals surface area (Å²) < 4.78 is 0. The van der Waals surface area contributed by atoms with Gasteiger partial charge in [-0.25, -0.2) is 0 Å². The van der Waals surface area contributed by atoms with Gasteiger partial charge >= 0.3 is 0 Å². The Balaban J connectivity index is 1.76. The third kappa shape index (κ3) is 2.10. The van der Waals surface area contributed by atoms with Crippen molar-refractivity contribution in [2.45, 2.75) is 24.9 Å². The Hall–Kier alpha value is -0.570. The molecular weight excluding hydrogens is 220 g/mol. The lowest BCUT2D eigenvalue weighted by Gasteiger charge is -2.34. The maximum absolute atomic E-state index is 6.24. The fraction of sp³-hybridized carbons (Fsp3) is 0.538. The van der Waals surface area contributed by atoms with Gasteiger partial charge in [0.25, 0.3) is 0 Å². The van der Waals surface area contributed by atoms with E-state index >= 15 is 0 Å². The van der Waals surface area contributed by atoms with Crippen molar-refractivity contribution in [1.29, 1.82) is 0 Å². The average molecular weight is 237 g/mol. The predicted octanol–water partition coefficient (Wildman–Crippen LogP) is 2.45. The van der Waals surface area contributed by atoms with Crippen LogP contribution >= 0.6 is 11.6 Å². The molecule has 2 fully saturated rings. The van der Waals surface area contributed by atoms with E-state index in [2.05, 4.69) is 22.3 Å². The first-order valence-electron chi connectivity index (χ1n) is 6.06. The Bertz CT molecular complexity index is 376. The summed E-state index contributed by atoms with van der Waals surface area (Å²) in [4.78, 5) is 2.60. The van der Waals surface area contributed by atoms with Crippen LogP contribution in [0, 0.1) is 0 Å². The van der Waals surface area contributed by atoms with Crippen LogP contribution in [0.3, 0.4) is 0 Å². The molecule has 1 aliphatic heterocycles. The number of hydrogen-bond acceptors (Lipinski definition) is 2. The summed E-state index contributed by atoms with van der Waals surface area (Å²) >= 11 is 6.24. The Morgan fingerprint density at radius 2 is 2.06 bits per heavy atom. The van der Waals surface area contributed by atoms with Gasteiger partial charge in [-0.15, -0.1) is 0 Å². The molecule has 0 spiro atoms. The number of rotatable bonds is 2. The van der Waals surface area contributed by atoms with Crippen LogP contribution in [0.2, 0.25) is 5.02 Å². The Labute approximate surface area is 102 Å². The van der Waals surface area contributed by atoms with Crippen LogP contribution < -0.4 is 5.32 Å². The smallest absolute Gasteiger partial charge is 0.0464 e. The zero-order valence-electron chi connectivity index (χ0n) is 9.32. The third-order valence-corrected chi connectivity index (χ3v) is 3.89. The first-order valence-corrected chi connectivity index (χ1v) is 6.44. The van der Waals surface area contributed by atoms with Crippen LogP contribution in [0.5, 0.6) is 0 Å². The lowest BCUT2D eigenvalue weighted by atomic mass is 10.0. The summed E-state index contributed by atoms with van der Waals surface area (Å²) in [6, 6.07) is 9.44. The monoisotopic (exact) mass is 236 g/mol. The van der Waals surface area contributed by atoms with E-state index in [-0.39, 0.29) is 0 Å². The van der Waals surface area contributed by atoms with E-state index in [1.165, 1.54) is 24.9 Å². The number of hydrogen-bond donors (Lipinski definition) is 1. The van der Waals surface area contributed by atoms with Crippen molar-refractivity contribution in [2.75, 3.05) is 19.6 Å². The van der Waals surface area contributed by atoms with Gasteiger partial charge in [-0.05, 0) is 24.5 Å². The standard InChI is InChI=1S/C13H17ClN2/c14-12-4-2-1-3-11(12)13-9-16(8-7-15-13)10-5-6-10/h1-4,10,13,15H,5-9H2/t13-/m0/s1. The third-order valence-electron chi connectivity index (χ3n) is 3.55. The number of halogens is 1. The van der Waals surface area contributed by atoms with Crippen LogP contribution in [0.4, 0.5) is 0 Å². The first-order chi connectivity index (χ1) is 7.84. The summed E-state index contributed by atoms with van der Waals surface area (Å²) in [7, 11) is 0. The molecule has 86 valence electrons. The van der Waals surface area contributed by atoms with Crippen molar-refractivity contribution < 1.29 is 0 Å². The number of benzene rings is 1. The van der Waals surface area contributed by atoms with Gasteiger partial charge in [0.1, 0.15) is 0 Å². The van der Waals surface area contributed by atoms with E-state index in [9.17, 15) is 0 Å². The molecule has 0 amide bonds. The molecule has 3 rings (SSSR count). The van der Waals surface area contributed by atoms with Crippen molar-refractivity contribution in [1.82, 2.24) is 10.2 Å². The highest BCUT2D eigenvalue weighted by Gasteiger charge is 2.33. The van der Waals surface area contributed by atoms with Crippen LogP contribution in [-0.4, -0.2) is 30.6 Å². The highest BCUT2D eigenvalue weighted by atomic mass is 35.5. The number of nitrogens with zero attached hydrogens (tertiary/aromatic N) is 1. The van der Waals surface area contributed by atoms with Gasteiger partial charge in [-0.1, -0.05) is 29.8 Å². The van der Waals surface area contributed by atoms with E-state index in [0.29, 0.717) is 6.04 Å². The summed E-state index contributed by atoms with van der Waals surface area (Å²) in [6.45, 7) is 3.37. The molecule has 0 radical (unpaired) electrons. The van der Waals surface area contributed by atoms with Crippen molar-refractivity contribution >= 4 is 11.6 Å². The molecule has 1 aromatic carbocycles. The minimum Gasteiger partial charge on any atom is -0.308 e. The fourth-order valence-corrected chi connectivity index (χ4v) is 2.78. The lowest BCUT2D eigenvalue weighted by Crippen LogP contribution is -2.46. The van der Waals surface area contributed by atoms with Gasteiger partial charge in [0.05, 0.1) is 0 Å². The zero-order valence-corrected chi connectivity index (χ0v) is 10.1. The van der Waals surface area contributed by atoms with Gasteiger partial charge in [-0.3, -0.25) is 4.90 Å². The highest BCUT2D eigenvalue weighted by molar-refractivity contribution is 6.31.